The van der Waals surface area contributed by atoms with Crippen LogP contribution in [-0.2, 0) is 19.5 Å². The number of anilines is 2. The number of morpholine rings is 1. The second-order valence-electron chi connectivity index (χ2n) is 8.37. The molecule has 1 atom stereocenters. The molecule has 0 bridgehead atoms. The third kappa shape index (κ3) is 5.40. The molecule has 2 aliphatic rings. The number of nitrogens with one attached hydrogen (secondary N) is 2. The zero-order valence-electron chi connectivity index (χ0n) is 19.5. The number of benzene rings is 3. The molecule has 0 aliphatic carbocycles. The Balaban J connectivity index is 1.17. The summed E-state index contributed by atoms with van der Waals surface area (Å²) >= 11 is 0. The summed E-state index contributed by atoms with van der Waals surface area (Å²) in [5, 5.41) is 5.48. The Morgan fingerprint density at radius 1 is 0.861 bits per heavy atom. The van der Waals surface area contributed by atoms with Gasteiger partial charge in [-0.25, -0.2) is 18.2 Å². The standard InChI is InChI=1S/C26H26N4O5S/c31-26(28-22-10-12-23(13-11-22)36(32,33)30-14-16-34-17-15-30)27-21-8-6-20(7-9-21)25-29-24(18-35-25)19-4-2-1-3-5-19/h1-13,24H,14-18H2,(H2,27,28,31). The smallest absolute Gasteiger partial charge is 0.323 e. The molecular weight excluding hydrogens is 480 g/mol. The monoisotopic (exact) mass is 506 g/mol. The molecule has 1 fully saturated rings. The fourth-order valence-electron chi connectivity index (χ4n) is 4.01. The van der Waals surface area contributed by atoms with Gasteiger partial charge in [0.25, 0.3) is 0 Å². The number of urea groups is 1. The molecule has 3 aromatic carbocycles. The summed E-state index contributed by atoms with van der Waals surface area (Å²) in [4.78, 5) is 17.3. The number of ether oxygens (including phenoxy) is 2. The lowest BCUT2D eigenvalue weighted by molar-refractivity contribution is 0.0730. The van der Waals surface area contributed by atoms with Crippen molar-refractivity contribution in [2.45, 2.75) is 10.9 Å². The average molecular weight is 507 g/mol. The summed E-state index contributed by atoms with van der Waals surface area (Å²) in [6.45, 7) is 1.92. The predicted octanol–water partition coefficient (Wildman–Crippen LogP) is 3.87. The number of carbonyl (C=O) groups excluding carboxylic acids is 1. The number of hydrogen-bond donors (Lipinski definition) is 2. The van der Waals surface area contributed by atoms with Crippen LogP contribution < -0.4 is 10.6 Å². The van der Waals surface area contributed by atoms with Gasteiger partial charge in [-0.15, -0.1) is 0 Å². The van der Waals surface area contributed by atoms with Crippen molar-refractivity contribution in [2.75, 3.05) is 43.5 Å². The normalized spacial score (nSPS) is 18.2. The fraction of sp³-hybridized carbons (Fsp3) is 0.231. The number of aliphatic imine (C=N–C) groups is 1. The van der Waals surface area contributed by atoms with Crippen LogP contribution in [0.1, 0.15) is 17.2 Å². The van der Waals surface area contributed by atoms with Gasteiger partial charge in [-0.3, -0.25) is 0 Å². The summed E-state index contributed by atoms with van der Waals surface area (Å²) in [5.41, 5.74) is 3.01. The molecule has 2 aliphatic heterocycles. The predicted molar refractivity (Wildman–Crippen MR) is 137 cm³/mol. The fourth-order valence-corrected chi connectivity index (χ4v) is 5.42. The molecule has 2 amide bonds. The molecule has 2 N–H and O–H groups in total. The van der Waals surface area contributed by atoms with Gasteiger partial charge in [0.15, 0.2) is 0 Å². The van der Waals surface area contributed by atoms with E-state index in [9.17, 15) is 13.2 Å². The van der Waals surface area contributed by atoms with E-state index < -0.39 is 16.1 Å². The van der Waals surface area contributed by atoms with Gasteiger partial charge in [-0.1, -0.05) is 30.3 Å². The van der Waals surface area contributed by atoms with Crippen LogP contribution in [0.5, 0.6) is 0 Å². The largest absolute Gasteiger partial charge is 0.475 e. The van der Waals surface area contributed by atoms with E-state index in [0.29, 0.717) is 50.2 Å². The van der Waals surface area contributed by atoms with Gasteiger partial charge < -0.3 is 20.1 Å². The Morgan fingerprint density at radius 2 is 1.47 bits per heavy atom. The zero-order valence-corrected chi connectivity index (χ0v) is 20.3. The maximum Gasteiger partial charge on any atom is 0.323 e. The van der Waals surface area contributed by atoms with E-state index in [0.717, 1.165) is 11.1 Å². The summed E-state index contributed by atoms with van der Waals surface area (Å²) in [6, 6.07) is 22.9. The van der Waals surface area contributed by atoms with Crippen molar-refractivity contribution < 1.29 is 22.7 Å². The number of hydrogen-bond acceptors (Lipinski definition) is 6. The average Bonchev–Trinajstić information content (AvgIpc) is 3.41. The maximum absolute atomic E-state index is 12.7. The highest BCUT2D eigenvalue weighted by atomic mass is 32.2. The third-order valence-corrected chi connectivity index (χ3v) is 7.86. The second-order valence-corrected chi connectivity index (χ2v) is 10.3. The van der Waals surface area contributed by atoms with E-state index >= 15 is 0 Å². The van der Waals surface area contributed by atoms with Crippen molar-refractivity contribution in [1.29, 1.82) is 0 Å². The Labute approximate surface area is 209 Å². The number of sulfonamides is 1. The number of nitrogens with zero attached hydrogens (tertiary/aromatic N) is 2. The van der Waals surface area contributed by atoms with Crippen LogP contribution in [0.2, 0.25) is 0 Å². The summed E-state index contributed by atoms with van der Waals surface area (Å²) in [5.74, 6) is 0.576. The van der Waals surface area contributed by atoms with Crippen molar-refractivity contribution >= 4 is 33.3 Å². The highest BCUT2D eigenvalue weighted by Crippen LogP contribution is 2.25. The van der Waals surface area contributed by atoms with Crippen LogP contribution in [0, 0.1) is 0 Å². The molecule has 0 saturated carbocycles. The molecule has 186 valence electrons. The first kappa shape index (κ1) is 24.0. The maximum atomic E-state index is 12.7. The zero-order chi connectivity index (χ0) is 25.0. The Bertz CT molecular complexity index is 1340. The first-order chi connectivity index (χ1) is 17.5. The van der Waals surface area contributed by atoms with Crippen LogP contribution in [0.3, 0.4) is 0 Å². The first-order valence-electron chi connectivity index (χ1n) is 11.6. The molecular formula is C26H26N4O5S. The van der Waals surface area contributed by atoms with Crippen molar-refractivity contribution in [2.24, 2.45) is 4.99 Å². The van der Waals surface area contributed by atoms with Gasteiger partial charge in [-0.2, -0.15) is 4.31 Å². The molecule has 3 aromatic rings. The molecule has 1 unspecified atom stereocenters. The van der Waals surface area contributed by atoms with E-state index in [1.165, 1.54) is 16.4 Å². The molecule has 5 rings (SSSR count). The Kier molecular flexibility index (Phi) is 6.99. The van der Waals surface area contributed by atoms with Crippen LogP contribution in [-0.4, -0.2) is 57.6 Å². The first-order valence-corrected chi connectivity index (χ1v) is 13.0. The SMILES string of the molecule is O=C(Nc1ccc(C2=NC(c3ccccc3)CO2)cc1)Nc1ccc(S(=O)(=O)N2CCOCC2)cc1. The summed E-state index contributed by atoms with van der Waals surface area (Å²) in [7, 11) is -3.58. The lowest BCUT2D eigenvalue weighted by Crippen LogP contribution is -2.40. The summed E-state index contributed by atoms with van der Waals surface area (Å²) in [6.07, 6.45) is 0. The van der Waals surface area contributed by atoms with Gasteiger partial charge >= 0.3 is 6.03 Å². The topological polar surface area (TPSA) is 109 Å². The van der Waals surface area contributed by atoms with Gasteiger partial charge in [0.05, 0.1) is 18.1 Å². The lowest BCUT2D eigenvalue weighted by atomic mass is 10.1. The highest BCUT2D eigenvalue weighted by molar-refractivity contribution is 7.89. The Hall–Kier alpha value is -3.73. The number of carbonyl (C=O) groups is 1. The van der Waals surface area contributed by atoms with Crippen LogP contribution >= 0.6 is 0 Å². The van der Waals surface area contributed by atoms with E-state index in [1.807, 2.05) is 42.5 Å². The number of rotatable bonds is 6. The molecule has 10 heteroatoms. The van der Waals surface area contributed by atoms with Crippen molar-refractivity contribution in [3.8, 4) is 0 Å². The minimum absolute atomic E-state index is 0.0278. The van der Waals surface area contributed by atoms with Gasteiger partial charge in [0.2, 0.25) is 15.9 Å². The lowest BCUT2D eigenvalue weighted by Gasteiger charge is -2.26. The van der Waals surface area contributed by atoms with Crippen LogP contribution in [0.25, 0.3) is 0 Å². The number of amides is 2. The van der Waals surface area contributed by atoms with E-state index in [2.05, 4.69) is 15.6 Å². The van der Waals surface area contributed by atoms with Crippen molar-refractivity contribution in [1.82, 2.24) is 4.31 Å². The van der Waals surface area contributed by atoms with E-state index in [1.54, 1.807) is 24.3 Å². The van der Waals surface area contributed by atoms with Crippen molar-refractivity contribution in [3.63, 3.8) is 0 Å². The minimum atomic E-state index is -3.58. The molecule has 36 heavy (non-hydrogen) atoms. The quantitative estimate of drug-likeness (QED) is 0.528. The molecule has 0 spiro atoms. The molecule has 2 heterocycles. The Morgan fingerprint density at radius 3 is 2.11 bits per heavy atom. The van der Waals surface area contributed by atoms with Crippen LogP contribution in [0.15, 0.2) is 88.8 Å². The molecule has 9 nitrogen and oxygen atoms in total. The molecule has 1 saturated heterocycles. The molecule has 0 radical (unpaired) electrons. The third-order valence-electron chi connectivity index (χ3n) is 5.95. The second kappa shape index (κ2) is 10.5. The van der Waals surface area contributed by atoms with E-state index in [4.69, 9.17) is 9.47 Å². The highest BCUT2D eigenvalue weighted by Gasteiger charge is 2.26. The van der Waals surface area contributed by atoms with Gasteiger partial charge in [0, 0.05) is 30.0 Å². The van der Waals surface area contributed by atoms with E-state index in [-0.39, 0.29) is 10.9 Å². The van der Waals surface area contributed by atoms with Gasteiger partial charge in [0.1, 0.15) is 12.6 Å². The van der Waals surface area contributed by atoms with Crippen LogP contribution in [0.4, 0.5) is 16.2 Å². The molecule has 0 aromatic heterocycles. The minimum Gasteiger partial charge on any atom is -0.475 e. The van der Waals surface area contributed by atoms with Gasteiger partial charge in [-0.05, 0) is 54.1 Å². The summed E-state index contributed by atoms with van der Waals surface area (Å²) < 4.78 is 37.9. The van der Waals surface area contributed by atoms with Crippen molar-refractivity contribution in [3.05, 3.63) is 90.0 Å².